The minimum Gasteiger partial charge on any atom is -0.490 e. The van der Waals surface area contributed by atoms with E-state index in [1.54, 1.807) is 12.3 Å². The summed E-state index contributed by atoms with van der Waals surface area (Å²) >= 11 is 0. The average Bonchev–Trinajstić information content (AvgIpc) is 3.25. The van der Waals surface area contributed by atoms with Gasteiger partial charge in [0, 0.05) is 37.0 Å². The SMILES string of the molecule is CCCC(=O)CN(C)c1nc(-c2cc(OCC3(O)CC3)ccn2)nc2c1CCC2. The lowest BCUT2D eigenvalue weighted by molar-refractivity contribution is -0.117. The summed E-state index contributed by atoms with van der Waals surface area (Å²) in [5.74, 6) is 2.24. The van der Waals surface area contributed by atoms with Crippen molar-refractivity contribution in [3.05, 3.63) is 29.6 Å². The molecule has 2 aromatic heterocycles. The number of ketones is 1. The van der Waals surface area contributed by atoms with Crippen molar-refractivity contribution in [1.82, 2.24) is 15.0 Å². The van der Waals surface area contributed by atoms with Crippen LogP contribution in [0.15, 0.2) is 18.3 Å². The highest BCUT2D eigenvalue weighted by Gasteiger charge is 2.41. The second-order valence-electron chi connectivity index (χ2n) is 8.18. The number of Topliss-reactive ketones (excluding diaryl/α,β-unsaturated/α-hetero) is 1. The van der Waals surface area contributed by atoms with Gasteiger partial charge in [-0.05, 0) is 44.6 Å². The summed E-state index contributed by atoms with van der Waals surface area (Å²) in [6.07, 6.45) is 7.57. The second-order valence-corrected chi connectivity index (χ2v) is 8.18. The van der Waals surface area contributed by atoms with E-state index in [1.165, 1.54) is 0 Å². The van der Waals surface area contributed by atoms with Gasteiger partial charge < -0.3 is 14.7 Å². The van der Waals surface area contributed by atoms with Crippen LogP contribution in [-0.4, -0.2) is 51.6 Å². The quantitative estimate of drug-likeness (QED) is 0.697. The van der Waals surface area contributed by atoms with Gasteiger partial charge in [-0.2, -0.15) is 0 Å². The molecule has 0 saturated heterocycles. The van der Waals surface area contributed by atoms with Crippen molar-refractivity contribution in [3.63, 3.8) is 0 Å². The van der Waals surface area contributed by atoms with Crippen LogP contribution in [0.4, 0.5) is 5.82 Å². The minimum atomic E-state index is -0.672. The van der Waals surface area contributed by atoms with Gasteiger partial charge in [0.1, 0.15) is 23.9 Å². The van der Waals surface area contributed by atoms with Crippen molar-refractivity contribution in [2.75, 3.05) is 25.1 Å². The fourth-order valence-electron chi connectivity index (χ4n) is 3.67. The van der Waals surface area contributed by atoms with E-state index in [2.05, 4.69) is 4.98 Å². The van der Waals surface area contributed by atoms with Crippen LogP contribution in [-0.2, 0) is 17.6 Å². The van der Waals surface area contributed by atoms with Crippen LogP contribution in [0.1, 0.15) is 50.3 Å². The highest BCUT2D eigenvalue weighted by atomic mass is 16.5. The number of pyridine rings is 1. The van der Waals surface area contributed by atoms with Crippen molar-refractivity contribution >= 4 is 11.6 Å². The number of likely N-dealkylation sites (N-methyl/N-ethyl adjacent to an activating group) is 1. The van der Waals surface area contributed by atoms with Crippen molar-refractivity contribution in [2.45, 2.75) is 57.5 Å². The van der Waals surface area contributed by atoms with E-state index in [0.29, 0.717) is 30.2 Å². The molecule has 7 heteroatoms. The molecule has 2 aliphatic rings. The summed E-state index contributed by atoms with van der Waals surface area (Å²) in [5.41, 5.74) is 2.15. The molecular formula is C22H28N4O3. The van der Waals surface area contributed by atoms with Gasteiger partial charge in [0.2, 0.25) is 0 Å². The molecule has 1 saturated carbocycles. The molecule has 154 valence electrons. The molecule has 7 nitrogen and oxygen atoms in total. The largest absolute Gasteiger partial charge is 0.490 e. The van der Waals surface area contributed by atoms with Gasteiger partial charge in [0.15, 0.2) is 11.6 Å². The highest BCUT2D eigenvalue weighted by Crippen LogP contribution is 2.36. The first-order chi connectivity index (χ1) is 14.0. The second kappa shape index (κ2) is 8.06. The molecule has 0 aromatic carbocycles. The van der Waals surface area contributed by atoms with Crippen LogP contribution in [0.25, 0.3) is 11.5 Å². The Bertz CT molecular complexity index is 911. The monoisotopic (exact) mass is 396 g/mol. The van der Waals surface area contributed by atoms with Crippen molar-refractivity contribution in [1.29, 1.82) is 0 Å². The summed E-state index contributed by atoms with van der Waals surface area (Å²) in [5, 5.41) is 9.99. The zero-order valence-corrected chi connectivity index (χ0v) is 17.1. The van der Waals surface area contributed by atoms with Crippen LogP contribution in [0.3, 0.4) is 0 Å². The number of aromatic nitrogens is 3. The first-order valence-electron chi connectivity index (χ1n) is 10.4. The van der Waals surface area contributed by atoms with Crippen LogP contribution in [0.5, 0.6) is 5.75 Å². The number of aryl methyl sites for hydroxylation is 1. The number of nitrogens with zero attached hydrogens (tertiary/aromatic N) is 4. The summed E-state index contributed by atoms with van der Waals surface area (Å²) in [6.45, 7) is 2.65. The van der Waals surface area contributed by atoms with Gasteiger partial charge in [-0.3, -0.25) is 9.78 Å². The summed E-state index contributed by atoms with van der Waals surface area (Å²) in [4.78, 5) is 28.1. The normalized spacial score (nSPS) is 16.4. The molecule has 0 aliphatic heterocycles. The van der Waals surface area contributed by atoms with Gasteiger partial charge in [-0.1, -0.05) is 6.92 Å². The van der Waals surface area contributed by atoms with Crippen molar-refractivity contribution in [2.24, 2.45) is 0 Å². The fourth-order valence-corrected chi connectivity index (χ4v) is 3.67. The predicted octanol–water partition coefficient (Wildman–Crippen LogP) is 2.74. The van der Waals surface area contributed by atoms with Gasteiger partial charge in [-0.25, -0.2) is 9.97 Å². The third kappa shape index (κ3) is 4.56. The molecule has 2 aromatic rings. The number of fused-ring (bicyclic) bond motifs is 1. The van der Waals surface area contributed by atoms with Crippen molar-refractivity contribution < 1.29 is 14.6 Å². The number of anilines is 1. The zero-order chi connectivity index (χ0) is 20.4. The number of rotatable bonds is 9. The van der Waals surface area contributed by atoms with E-state index < -0.39 is 5.60 Å². The van der Waals surface area contributed by atoms with E-state index in [4.69, 9.17) is 14.7 Å². The third-order valence-corrected chi connectivity index (χ3v) is 5.51. The number of hydrogen-bond acceptors (Lipinski definition) is 7. The van der Waals surface area contributed by atoms with E-state index in [1.807, 2.05) is 24.9 Å². The summed E-state index contributed by atoms with van der Waals surface area (Å²) in [6, 6.07) is 3.59. The van der Waals surface area contributed by atoms with Crippen LogP contribution < -0.4 is 9.64 Å². The first-order valence-corrected chi connectivity index (χ1v) is 10.4. The molecule has 2 aliphatic carbocycles. The Hall–Kier alpha value is -2.54. The van der Waals surface area contributed by atoms with Gasteiger partial charge >= 0.3 is 0 Å². The van der Waals surface area contributed by atoms with Gasteiger partial charge in [0.05, 0.1) is 12.1 Å². The molecule has 1 fully saturated rings. The summed E-state index contributed by atoms with van der Waals surface area (Å²) < 4.78 is 5.74. The van der Waals surface area contributed by atoms with E-state index in [0.717, 1.165) is 55.6 Å². The van der Waals surface area contributed by atoms with Crippen LogP contribution in [0.2, 0.25) is 0 Å². The van der Waals surface area contributed by atoms with Gasteiger partial charge in [-0.15, -0.1) is 0 Å². The standard InChI is InChI=1S/C22H28N4O3/c1-3-5-15(27)13-26(2)21-17-6-4-7-18(17)24-20(25-21)19-12-16(8-11-23-19)29-14-22(28)9-10-22/h8,11-12,28H,3-7,9-10,13-14H2,1-2H3. The Balaban J connectivity index is 1.60. The molecule has 2 heterocycles. The Kier molecular flexibility index (Phi) is 5.50. The molecule has 0 unspecified atom stereocenters. The topological polar surface area (TPSA) is 88.4 Å². The molecule has 29 heavy (non-hydrogen) atoms. The third-order valence-electron chi connectivity index (χ3n) is 5.51. The Morgan fingerprint density at radius 1 is 1.31 bits per heavy atom. The van der Waals surface area contributed by atoms with E-state index in [9.17, 15) is 9.90 Å². The highest BCUT2D eigenvalue weighted by molar-refractivity contribution is 5.83. The maximum absolute atomic E-state index is 12.2. The molecule has 0 radical (unpaired) electrons. The smallest absolute Gasteiger partial charge is 0.180 e. The van der Waals surface area contributed by atoms with E-state index >= 15 is 0 Å². The number of hydrogen-bond donors (Lipinski definition) is 1. The van der Waals surface area contributed by atoms with E-state index in [-0.39, 0.29) is 12.4 Å². The molecular weight excluding hydrogens is 368 g/mol. The Labute approximate surface area is 171 Å². The maximum Gasteiger partial charge on any atom is 0.180 e. The van der Waals surface area contributed by atoms with Gasteiger partial charge in [0.25, 0.3) is 0 Å². The average molecular weight is 396 g/mol. The molecule has 0 atom stereocenters. The zero-order valence-electron chi connectivity index (χ0n) is 17.1. The minimum absolute atomic E-state index is 0.216. The number of carbonyl (C=O) groups is 1. The maximum atomic E-state index is 12.2. The first kappa shape index (κ1) is 19.8. The predicted molar refractivity (Wildman–Crippen MR) is 110 cm³/mol. The lowest BCUT2D eigenvalue weighted by Crippen LogP contribution is -2.27. The summed E-state index contributed by atoms with van der Waals surface area (Å²) in [7, 11) is 1.92. The molecule has 0 amide bonds. The molecule has 4 rings (SSSR count). The number of ether oxygens (including phenoxy) is 1. The number of carbonyl (C=O) groups excluding carboxylic acids is 1. The Morgan fingerprint density at radius 2 is 2.14 bits per heavy atom. The molecule has 0 spiro atoms. The lowest BCUT2D eigenvalue weighted by atomic mass is 10.2. The molecule has 0 bridgehead atoms. The fraction of sp³-hybridized carbons (Fsp3) is 0.545. The van der Waals surface area contributed by atoms with Crippen molar-refractivity contribution in [3.8, 4) is 17.3 Å². The lowest BCUT2D eigenvalue weighted by Gasteiger charge is -2.21. The van der Waals surface area contributed by atoms with Crippen LogP contribution >= 0.6 is 0 Å². The molecule has 1 N–H and O–H groups in total. The van der Waals surface area contributed by atoms with Crippen LogP contribution in [0, 0.1) is 0 Å². The Morgan fingerprint density at radius 3 is 2.90 bits per heavy atom. The number of aliphatic hydroxyl groups is 1.